The van der Waals surface area contributed by atoms with Crippen LogP contribution in [-0.2, 0) is 43.2 Å². The Morgan fingerprint density at radius 1 is 0.476 bits per heavy atom. The van der Waals surface area contributed by atoms with Crippen LogP contribution >= 0.6 is 0 Å². The number of hydrogen-bond donors (Lipinski definition) is 8. The van der Waals surface area contributed by atoms with Gasteiger partial charge in [0, 0.05) is 78.5 Å². The fourth-order valence-electron chi connectivity index (χ4n) is 7.77. The Morgan fingerprint density at radius 3 is 1.24 bits per heavy atom. The molecule has 9 amide bonds. The lowest BCUT2D eigenvalue weighted by molar-refractivity contribution is -0.138. The van der Waals surface area contributed by atoms with Crippen LogP contribution in [0, 0.1) is 0 Å². The van der Waals surface area contributed by atoms with E-state index < -0.39 is 97.4 Å². The summed E-state index contributed by atoms with van der Waals surface area (Å²) in [5.41, 5.74) is 0. The zero-order valence-electron chi connectivity index (χ0n) is 36.2. The van der Waals surface area contributed by atoms with Gasteiger partial charge in [-0.1, -0.05) is 0 Å². The van der Waals surface area contributed by atoms with Crippen molar-refractivity contribution in [2.75, 3.05) is 106 Å². The summed E-state index contributed by atoms with van der Waals surface area (Å²) >= 11 is 0. The Bertz CT molecular complexity index is 1620. The van der Waals surface area contributed by atoms with Crippen LogP contribution in [0.1, 0.15) is 0 Å². The maximum Gasteiger partial charge on any atom is 0.239 e. The van der Waals surface area contributed by atoms with Crippen LogP contribution in [-0.4, -0.2) is 259 Å². The largest absolute Gasteiger partial charge is 0.353 e. The number of carbonyl (C=O) groups is 9. The van der Waals surface area contributed by atoms with Crippen molar-refractivity contribution >= 4 is 92.4 Å². The van der Waals surface area contributed by atoms with Crippen LogP contribution in [0.4, 0.5) is 0 Å². The van der Waals surface area contributed by atoms with Crippen LogP contribution in [0.15, 0.2) is 0 Å². The van der Waals surface area contributed by atoms with Gasteiger partial charge in [-0.05, 0) is 38.6 Å². The summed E-state index contributed by atoms with van der Waals surface area (Å²) in [5, 5.41) is 23.5. The van der Waals surface area contributed by atoms with Gasteiger partial charge in [-0.2, -0.15) is 0 Å². The van der Waals surface area contributed by atoms with E-state index in [1.807, 2.05) is 0 Å². The predicted molar refractivity (Wildman–Crippen MR) is 235 cm³/mol. The summed E-state index contributed by atoms with van der Waals surface area (Å²) in [6.45, 7) is 0.472. The number of hydrogen-bond acceptors (Lipinski definition) is 13. The normalized spacial score (nSPS) is 21.4. The molecule has 0 aromatic heterocycles. The average molecular weight is 871 g/mol. The van der Waals surface area contributed by atoms with Crippen molar-refractivity contribution in [2.45, 2.75) is 67.9 Å². The monoisotopic (exact) mass is 871 g/mol. The van der Waals surface area contributed by atoms with Crippen molar-refractivity contribution in [3.63, 3.8) is 0 Å². The van der Waals surface area contributed by atoms with Gasteiger partial charge in [0.15, 0.2) is 0 Å². The molecule has 0 aromatic carbocycles. The lowest BCUT2D eigenvalue weighted by Crippen LogP contribution is -2.57. The van der Waals surface area contributed by atoms with Crippen LogP contribution in [0.25, 0.3) is 0 Å². The molecule has 6 atom stereocenters. The Labute approximate surface area is 375 Å². The molecule has 27 heteroatoms. The Hall–Kier alpha value is -4.61. The molecule has 3 rings (SSSR count). The van der Waals surface area contributed by atoms with E-state index in [-0.39, 0.29) is 89.0 Å². The minimum absolute atomic E-state index is 0.0526. The number of amides is 9. The summed E-state index contributed by atoms with van der Waals surface area (Å²) in [6.07, 6.45) is -1.72. The summed E-state index contributed by atoms with van der Waals surface area (Å²) in [5.74, 6) is -4.58. The van der Waals surface area contributed by atoms with Gasteiger partial charge in [0.25, 0.3) is 0 Å². The van der Waals surface area contributed by atoms with E-state index in [1.165, 1.54) is 24.5 Å². The zero-order valence-corrected chi connectivity index (χ0v) is 36.2. The van der Waals surface area contributed by atoms with Crippen LogP contribution in [0.3, 0.4) is 0 Å². The number of likely N-dealkylation sites (N-methyl/N-ethyl adjacent to an activating group) is 2. The molecule has 10 radical (unpaired) electrons. The third-order valence-electron chi connectivity index (χ3n) is 11.2. The molecule has 3 heterocycles. The number of carbonyl (C=O) groups excluding carboxylic acids is 9. The fourth-order valence-corrected chi connectivity index (χ4v) is 7.77. The minimum Gasteiger partial charge on any atom is -0.353 e. The van der Waals surface area contributed by atoms with E-state index in [4.69, 9.17) is 39.2 Å². The van der Waals surface area contributed by atoms with Gasteiger partial charge in [0.05, 0.1) is 95.6 Å². The van der Waals surface area contributed by atoms with Crippen molar-refractivity contribution < 1.29 is 43.2 Å². The molecule has 0 spiro atoms. The minimum atomic E-state index is -0.724. The van der Waals surface area contributed by atoms with Gasteiger partial charge in [-0.15, -0.1) is 0 Å². The van der Waals surface area contributed by atoms with E-state index in [0.717, 1.165) is 0 Å². The molecule has 8 N–H and O–H groups in total. The standard InChI is InChI=1S/C36H58B5N13O9/c1-42-22-12-43-16-26(22)53(35(62)10-40)20-28(55)46-3-6-52(34(61)9-39)19-31(58)49-24-14-45-17-27(24)54(36(63)11-41)21-29(56)47-4-5-51(33(60)8-38)18-30(57)48-23-13-44-15-25(23)50(2)32(59)7-37/h22-27,42-45H,3-21H2,1-2H3,(H,46,55)(H,47,56)(H,48,57)(H,49,58)/t22-,23-,24-,25-,26-,27-/m0/s1. The van der Waals surface area contributed by atoms with Gasteiger partial charge < -0.3 is 67.0 Å². The van der Waals surface area contributed by atoms with E-state index in [1.54, 1.807) is 14.1 Å². The molecular formula is C36H58B5N13O9. The molecule has 0 saturated carbocycles. The quantitative estimate of drug-likeness (QED) is 0.0397. The average Bonchev–Trinajstić information content (AvgIpc) is 4.06. The number of rotatable bonds is 25. The van der Waals surface area contributed by atoms with E-state index in [0.29, 0.717) is 26.2 Å². The maximum atomic E-state index is 13.3. The number of nitrogens with zero attached hydrogens (tertiary/aromatic N) is 5. The molecule has 0 bridgehead atoms. The highest BCUT2D eigenvalue weighted by Crippen LogP contribution is 2.14. The lowest BCUT2D eigenvalue weighted by Gasteiger charge is -2.33. The van der Waals surface area contributed by atoms with Crippen LogP contribution in [0.5, 0.6) is 0 Å². The maximum absolute atomic E-state index is 13.3. The first-order valence-electron chi connectivity index (χ1n) is 20.9. The first-order valence-corrected chi connectivity index (χ1v) is 20.9. The molecule has 0 unspecified atom stereocenters. The van der Waals surface area contributed by atoms with Gasteiger partial charge in [-0.3, -0.25) is 43.2 Å². The van der Waals surface area contributed by atoms with Crippen molar-refractivity contribution in [3.8, 4) is 0 Å². The molecule has 3 saturated heterocycles. The number of nitrogens with one attached hydrogen (secondary N) is 8. The second-order valence-electron chi connectivity index (χ2n) is 15.3. The Balaban J connectivity index is 1.54. The molecule has 3 fully saturated rings. The van der Waals surface area contributed by atoms with Crippen molar-refractivity contribution in [1.82, 2.24) is 67.0 Å². The molecular weight excluding hydrogens is 813 g/mol. The molecule has 336 valence electrons. The zero-order chi connectivity index (χ0) is 46.6. The van der Waals surface area contributed by atoms with Gasteiger partial charge in [-0.25, -0.2) is 0 Å². The first-order chi connectivity index (χ1) is 30.1. The summed E-state index contributed by atoms with van der Waals surface area (Å²) in [6, 6.07) is -2.59. The van der Waals surface area contributed by atoms with Crippen molar-refractivity contribution in [3.05, 3.63) is 0 Å². The molecule has 0 aromatic rings. The second kappa shape index (κ2) is 26.9. The fraction of sp³-hybridized carbons (Fsp3) is 0.750. The third-order valence-corrected chi connectivity index (χ3v) is 11.2. The second-order valence-corrected chi connectivity index (χ2v) is 15.3. The molecule has 3 aliphatic heterocycles. The van der Waals surface area contributed by atoms with Gasteiger partial charge in [0.1, 0.15) is 0 Å². The molecule has 22 nitrogen and oxygen atoms in total. The smallest absolute Gasteiger partial charge is 0.239 e. The topological polar surface area (TPSA) is 266 Å². The van der Waals surface area contributed by atoms with Gasteiger partial charge >= 0.3 is 0 Å². The highest BCUT2D eigenvalue weighted by Gasteiger charge is 2.38. The Kier molecular flexibility index (Phi) is 22.5. The summed E-state index contributed by atoms with van der Waals surface area (Å²) in [4.78, 5) is 122. The van der Waals surface area contributed by atoms with E-state index in [2.05, 4.69) is 42.5 Å². The Morgan fingerprint density at radius 2 is 0.841 bits per heavy atom. The van der Waals surface area contributed by atoms with E-state index >= 15 is 0 Å². The van der Waals surface area contributed by atoms with Crippen molar-refractivity contribution in [1.29, 1.82) is 0 Å². The third kappa shape index (κ3) is 15.9. The predicted octanol–water partition coefficient (Wildman–Crippen LogP) is -8.60. The molecule has 63 heavy (non-hydrogen) atoms. The van der Waals surface area contributed by atoms with Crippen LogP contribution < -0.4 is 42.5 Å². The van der Waals surface area contributed by atoms with Crippen LogP contribution in [0.2, 0.25) is 31.6 Å². The molecule has 3 aliphatic rings. The lowest BCUT2D eigenvalue weighted by atomic mass is 10.0. The van der Waals surface area contributed by atoms with Crippen molar-refractivity contribution in [2.24, 2.45) is 0 Å². The highest BCUT2D eigenvalue weighted by molar-refractivity contribution is 6.21. The first kappa shape index (κ1) is 52.7. The summed E-state index contributed by atoms with van der Waals surface area (Å²) in [7, 11) is 31.4. The highest BCUT2D eigenvalue weighted by atomic mass is 16.2. The molecule has 0 aliphatic carbocycles. The SMILES string of the molecule is [B]CC(=O)N(CCNC(=O)CN(C(=O)C[B])[C@H]1CNC[C@@H]1NC(=O)CN(CCNC(=O)CN(C(=O)C[B])[C@H]1CNC[C@@H]1NC)C(=O)C[B])CC(=O)N[C@H]1CNC[C@@H]1N(C)C(=O)C[B]. The summed E-state index contributed by atoms with van der Waals surface area (Å²) < 4.78 is 0. The van der Waals surface area contributed by atoms with Gasteiger partial charge in [0.2, 0.25) is 53.2 Å². The van der Waals surface area contributed by atoms with E-state index in [9.17, 15) is 43.2 Å².